The molecule has 0 radical (unpaired) electrons. The third-order valence-electron chi connectivity index (χ3n) is 3.88. The lowest BCUT2D eigenvalue weighted by Crippen LogP contribution is -2.32. The molecule has 0 atom stereocenters. The topological polar surface area (TPSA) is 93.7 Å². The summed E-state index contributed by atoms with van der Waals surface area (Å²) in [7, 11) is -3.83. The second-order valence-corrected chi connectivity index (χ2v) is 8.46. The summed E-state index contributed by atoms with van der Waals surface area (Å²) in [5, 5.41) is 2.65. The lowest BCUT2D eigenvalue weighted by atomic mass is 10.1. The van der Waals surface area contributed by atoms with Crippen molar-refractivity contribution in [3.63, 3.8) is 0 Å². The van der Waals surface area contributed by atoms with Crippen LogP contribution in [0.2, 0.25) is 0 Å². The molecule has 0 bridgehead atoms. The molecule has 7 nitrogen and oxygen atoms in total. The van der Waals surface area contributed by atoms with E-state index in [1.807, 2.05) is 45.0 Å². The van der Waals surface area contributed by atoms with Gasteiger partial charge < -0.3 is 14.8 Å². The number of anilines is 1. The van der Waals surface area contributed by atoms with E-state index in [1.54, 1.807) is 24.3 Å². The number of hydrogen-bond donors (Lipinski definition) is 2. The first-order valence-electron chi connectivity index (χ1n) is 9.47. The van der Waals surface area contributed by atoms with E-state index in [1.165, 1.54) is 0 Å². The molecule has 158 valence electrons. The Morgan fingerprint density at radius 3 is 2.31 bits per heavy atom. The van der Waals surface area contributed by atoms with Gasteiger partial charge in [0.25, 0.3) is 0 Å². The maximum Gasteiger partial charge on any atom is 0.241 e. The molecule has 0 saturated heterocycles. The van der Waals surface area contributed by atoms with Crippen molar-refractivity contribution in [2.75, 3.05) is 17.1 Å². The molecule has 0 spiro atoms. The van der Waals surface area contributed by atoms with Gasteiger partial charge in [-0.15, -0.1) is 0 Å². The fourth-order valence-electron chi connectivity index (χ4n) is 2.59. The predicted molar refractivity (Wildman–Crippen MR) is 113 cm³/mol. The molecule has 2 N–H and O–H groups in total. The Morgan fingerprint density at radius 2 is 1.69 bits per heavy atom. The number of hydrogen-bond acceptors (Lipinski definition) is 5. The number of sulfonamides is 1. The third-order valence-corrected chi connectivity index (χ3v) is 5.07. The van der Waals surface area contributed by atoms with Gasteiger partial charge >= 0.3 is 0 Å². The lowest BCUT2D eigenvalue weighted by molar-refractivity contribution is -0.118. The van der Waals surface area contributed by atoms with E-state index in [2.05, 4.69) is 10.0 Å². The Bertz CT molecular complexity index is 896. The molecule has 0 aromatic heterocycles. The third kappa shape index (κ3) is 8.13. The van der Waals surface area contributed by atoms with Gasteiger partial charge in [-0.05, 0) is 56.2 Å². The molecule has 29 heavy (non-hydrogen) atoms. The van der Waals surface area contributed by atoms with Crippen molar-refractivity contribution in [3.8, 4) is 5.75 Å². The minimum Gasteiger partial charge on any atom is -0.491 e. The highest BCUT2D eigenvalue weighted by Gasteiger charge is 2.17. The summed E-state index contributed by atoms with van der Waals surface area (Å²) in [6.07, 6.45) is 0.0277. The van der Waals surface area contributed by atoms with Gasteiger partial charge in [-0.3, -0.25) is 9.52 Å². The van der Waals surface area contributed by atoms with E-state index < -0.39 is 21.7 Å². The van der Waals surface area contributed by atoms with Gasteiger partial charge in [-0.2, -0.15) is 0 Å². The van der Waals surface area contributed by atoms with Crippen LogP contribution in [0, 0.1) is 0 Å². The fourth-order valence-corrected chi connectivity index (χ4v) is 3.60. The number of carbonyl (C=O) groups excluding carboxylic acids is 1. The summed E-state index contributed by atoms with van der Waals surface area (Å²) in [6.45, 7) is 7.00. The van der Waals surface area contributed by atoms with E-state index in [0.717, 1.165) is 11.1 Å². The van der Waals surface area contributed by atoms with Crippen LogP contribution in [0.1, 0.15) is 31.9 Å². The molecule has 2 aromatic carbocycles. The SMILES string of the molecule is CCOCc1ccccc1CNC(=O)CS(=O)(=O)Nc1ccc(OC(C)C)cc1. The minimum atomic E-state index is -3.83. The van der Waals surface area contributed by atoms with Gasteiger partial charge in [-0.1, -0.05) is 24.3 Å². The van der Waals surface area contributed by atoms with Crippen LogP contribution in [0.3, 0.4) is 0 Å². The summed E-state index contributed by atoms with van der Waals surface area (Å²) in [6, 6.07) is 14.1. The van der Waals surface area contributed by atoms with E-state index >= 15 is 0 Å². The van der Waals surface area contributed by atoms with Gasteiger partial charge in [-0.25, -0.2) is 8.42 Å². The minimum absolute atomic E-state index is 0.0277. The van der Waals surface area contributed by atoms with Crippen LogP contribution in [0.25, 0.3) is 0 Å². The first-order chi connectivity index (χ1) is 13.8. The van der Waals surface area contributed by atoms with Crippen LogP contribution >= 0.6 is 0 Å². The molecule has 0 aliphatic carbocycles. The largest absolute Gasteiger partial charge is 0.491 e. The Kier molecular flexibility index (Phi) is 8.48. The standard InChI is InChI=1S/C21H28N2O5S/c1-4-27-14-18-8-6-5-7-17(18)13-22-21(24)15-29(25,26)23-19-9-11-20(12-10-19)28-16(2)3/h5-12,16,23H,4,13-15H2,1-3H3,(H,22,24). The summed E-state index contributed by atoms with van der Waals surface area (Å²) in [5.41, 5.74) is 2.22. The van der Waals surface area contributed by atoms with Crippen molar-refractivity contribution in [1.82, 2.24) is 5.32 Å². The van der Waals surface area contributed by atoms with Crippen molar-refractivity contribution >= 4 is 21.6 Å². The molecular weight excluding hydrogens is 392 g/mol. The van der Waals surface area contributed by atoms with Gasteiger partial charge in [0, 0.05) is 18.8 Å². The Balaban J connectivity index is 1.89. The van der Waals surface area contributed by atoms with Crippen LogP contribution < -0.4 is 14.8 Å². The fraction of sp³-hybridized carbons (Fsp3) is 0.381. The molecule has 2 aromatic rings. The van der Waals surface area contributed by atoms with Crippen molar-refractivity contribution in [2.24, 2.45) is 0 Å². The highest BCUT2D eigenvalue weighted by atomic mass is 32.2. The number of benzene rings is 2. The highest BCUT2D eigenvalue weighted by molar-refractivity contribution is 7.93. The van der Waals surface area contributed by atoms with Crippen LogP contribution in [-0.2, 0) is 32.7 Å². The molecule has 0 aliphatic heterocycles. The quantitative estimate of drug-likeness (QED) is 0.583. The van der Waals surface area contributed by atoms with Gasteiger partial charge in [0.2, 0.25) is 15.9 Å². The molecular formula is C21H28N2O5S. The zero-order valence-corrected chi connectivity index (χ0v) is 17.8. The zero-order chi connectivity index (χ0) is 21.3. The maximum absolute atomic E-state index is 12.3. The lowest BCUT2D eigenvalue weighted by Gasteiger charge is -2.12. The van der Waals surface area contributed by atoms with Crippen LogP contribution in [0.5, 0.6) is 5.75 Å². The summed E-state index contributed by atoms with van der Waals surface area (Å²) in [5.74, 6) is -0.597. The average Bonchev–Trinajstić information content (AvgIpc) is 2.66. The Morgan fingerprint density at radius 1 is 1.03 bits per heavy atom. The van der Waals surface area contributed by atoms with Gasteiger partial charge in [0.15, 0.2) is 0 Å². The molecule has 1 amide bonds. The number of nitrogens with one attached hydrogen (secondary N) is 2. The van der Waals surface area contributed by atoms with Crippen molar-refractivity contribution in [3.05, 3.63) is 59.7 Å². The molecule has 0 fully saturated rings. The summed E-state index contributed by atoms with van der Waals surface area (Å²) < 4.78 is 37.9. The van der Waals surface area contributed by atoms with E-state index in [4.69, 9.17) is 9.47 Å². The van der Waals surface area contributed by atoms with Crippen molar-refractivity contribution in [1.29, 1.82) is 0 Å². The second-order valence-electron chi connectivity index (χ2n) is 6.73. The smallest absolute Gasteiger partial charge is 0.241 e. The summed E-state index contributed by atoms with van der Waals surface area (Å²) in [4.78, 5) is 12.1. The van der Waals surface area contributed by atoms with E-state index in [9.17, 15) is 13.2 Å². The van der Waals surface area contributed by atoms with Crippen LogP contribution in [-0.4, -0.2) is 32.8 Å². The van der Waals surface area contributed by atoms with Crippen LogP contribution in [0.15, 0.2) is 48.5 Å². The molecule has 0 saturated carbocycles. The molecule has 0 unspecified atom stereocenters. The van der Waals surface area contributed by atoms with E-state index in [-0.39, 0.29) is 12.6 Å². The van der Waals surface area contributed by atoms with E-state index in [0.29, 0.717) is 24.7 Å². The highest BCUT2D eigenvalue weighted by Crippen LogP contribution is 2.18. The molecule has 2 rings (SSSR count). The molecule has 8 heteroatoms. The predicted octanol–water partition coefficient (Wildman–Crippen LogP) is 3.07. The molecule has 0 aliphatic rings. The van der Waals surface area contributed by atoms with Gasteiger partial charge in [0.05, 0.1) is 12.7 Å². The number of rotatable bonds is 11. The number of carbonyl (C=O) groups is 1. The molecule has 0 heterocycles. The monoisotopic (exact) mass is 420 g/mol. The Hall–Kier alpha value is -2.58. The Labute approximate surface area is 172 Å². The first kappa shape index (κ1) is 22.7. The zero-order valence-electron chi connectivity index (χ0n) is 17.0. The maximum atomic E-state index is 12.3. The summed E-state index contributed by atoms with van der Waals surface area (Å²) >= 11 is 0. The van der Waals surface area contributed by atoms with Gasteiger partial charge in [0.1, 0.15) is 11.5 Å². The van der Waals surface area contributed by atoms with Crippen molar-refractivity contribution < 1.29 is 22.7 Å². The van der Waals surface area contributed by atoms with Crippen molar-refractivity contribution in [2.45, 2.75) is 40.0 Å². The second kappa shape index (κ2) is 10.8. The van der Waals surface area contributed by atoms with Crippen LogP contribution in [0.4, 0.5) is 5.69 Å². The number of ether oxygens (including phenoxy) is 2. The number of amides is 1. The normalized spacial score (nSPS) is 11.3. The first-order valence-corrected chi connectivity index (χ1v) is 11.1. The average molecular weight is 421 g/mol.